The van der Waals surface area contributed by atoms with E-state index in [4.69, 9.17) is 4.74 Å². The molecule has 1 aliphatic carbocycles. The van der Waals surface area contributed by atoms with E-state index >= 15 is 0 Å². The van der Waals surface area contributed by atoms with Gasteiger partial charge in [-0.15, -0.1) is 0 Å². The summed E-state index contributed by atoms with van der Waals surface area (Å²) in [6, 6.07) is 8.01. The fraction of sp³-hybridized carbons (Fsp3) is 0.500. The zero-order valence-corrected chi connectivity index (χ0v) is 15.3. The average Bonchev–Trinajstić information content (AvgIpc) is 3.30. The van der Waals surface area contributed by atoms with Crippen LogP contribution in [0, 0.1) is 6.92 Å². The van der Waals surface area contributed by atoms with Crippen LogP contribution in [0.5, 0.6) is 5.75 Å². The first-order valence-electron chi connectivity index (χ1n) is 9.03. The molecular weight excluding hydrogens is 314 g/mol. The number of aromatic nitrogens is 2. The first-order chi connectivity index (χ1) is 12.1. The molecule has 0 spiro atoms. The molecule has 1 fully saturated rings. The maximum Gasteiger partial charge on any atom is 0.245 e. The second-order valence-corrected chi connectivity index (χ2v) is 6.77. The summed E-state index contributed by atoms with van der Waals surface area (Å²) in [4.78, 5) is 19.6. The average molecular weight is 341 g/mol. The maximum atomic E-state index is 13.3. The molecule has 5 heteroatoms. The molecular formula is C20H27N3O2. The van der Waals surface area contributed by atoms with E-state index < -0.39 is 0 Å². The highest BCUT2D eigenvalue weighted by Gasteiger charge is 2.31. The third kappa shape index (κ3) is 3.70. The van der Waals surface area contributed by atoms with Gasteiger partial charge in [0.15, 0.2) is 0 Å². The zero-order chi connectivity index (χ0) is 17.8. The number of hydrogen-bond acceptors (Lipinski definition) is 3. The molecule has 0 aliphatic heterocycles. The predicted octanol–water partition coefficient (Wildman–Crippen LogP) is 3.73. The van der Waals surface area contributed by atoms with Crippen LogP contribution in [0.25, 0.3) is 0 Å². The molecule has 1 saturated carbocycles. The highest BCUT2D eigenvalue weighted by Crippen LogP contribution is 2.29. The van der Waals surface area contributed by atoms with E-state index in [1.165, 1.54) is 12.8 Å². The third-order valence-corrected chi connectivity index (χ3v) is 5.22. The number of hydrogen-bond donors (Lipinski definition) is 0. The summed E-state index contributed by atoms with van der Waals surface area (Å²) in [5.74, 6) is 1.85. The van der Waals surface area contributed by atoms with Crippen molar-refractivity contribution in [1.82, 2.24) is 14.5 Å². The highest BCUT2D eigenvalue weighted by atomic mass is 16.5. The van der Waals surface area contributed by atoms with Gasteiger partial charge < -0.3 is 14.2 Å². The van der Waals surface area contributed by atoms with Gasteiger partial charge in [0.25, 0.3) is 0 Å². The first kappa shape index (κ1) is 17.5. The summed E-state index contributed by atoms with van der Waals surface area (Å²) in [7, 11) is 1.68. The van der Waals surface area contributed by atoms with Gasteiger partial charge in [0.05, 0.1) is 7.11 Å². The molecule has 1 unspecified atom stereocenters. The third-order valence-electron chi connectivity index (χ3n) is 5.22. The van der Waals surface area contributed by atoms with Crippen LogP contribution in [-0.2, 0) is 11.3 Å². The molecule has 5 nitrogen and oxygen atoms in total. The van der Waals surface area contributed by atoms with E-state index in [1.54, 1.807) is 13.3 Å². The van der Waals surface area contributed by atoms with Crippen LogP contribution in [0.3, 0.4) is 0 Å². The quantitative estimate of drug-likeness (QED) is 0.804. The van der Waals surface area contributed by atoms with Gasteiger partial charge in [-0.25, -0.2) is 4.98 Å². The van der Waals surface area contributed by atoms with Crippen molar-refractivity contribution in [2.75, 3.05) is 7.11 Å². The molecule has 0 N–H and O–H groups in total. The van der Waals surface area contributed by atoms with Gasteiger partial charge in [-0.2, -0.15) is 0 Å². The predicted molar refractivity (Wildman–Crippen MR) is 97.5 cm³/mol. The summed E-state index contributed by atoms with van der Waals surface area (Å²) in [6.07, 6.45) is 8.18. The van der Waals surface area contributed by atoms with Crippen LogP contribution in [-0.4, -0.2) is 33.5 Å². The highest BCUT2D eigenvalue weighted by molar-refractivity contribution is 5.80. The molecule has 1 heterocycles. The van der Waals surface area contributed by atoms with Crippen LogP contribution < -0.4 is 4.74 Å². The standard InChI is InChI=1S/C20H27N3O2/c1-15(22-13-12-21-16(22)2)20(24)23(18-9-5-6-10-18)14-17-8-4-7-11-19(17)25-3/h4,7-8,11-13,15,18H,5-6,9-10,14H2,1-3H3. The Morgan fingerprint density at radius 3 is 2.72 bits per heavy atom. The normalized spacial score (nSPS) is 16.0. The number of nitrogens with zero attached hydrogens (tertiary/aromatic N) is 3. The lowest BCUT2D eigenvalue weighted by Gasteiger charge is -2.32. The van der Waals surface area contributed by atoms with E-state index in [-0.39, 0.29) is 11.9 Å². The van der Waals surface area contributed by atoms with E-state index in [1.807, 2.05) is 48.9 Å². The number of aryl methyl sites for hydroxylation is 1. The van der Waals surface area contributed by atoms with Gasteiger partial charge in [0, 0.05) is 30.5 Å². The van der Waals surface area contributed by atoms with Crippen molar-refractivity contribution in [2.45, 2.75) is 58.2 Å². The Labute approximate surface area is 149 Å². The summed E-state index contributed by atoms with van der Waals surface area (Å²) in [6.45, 7) is 4.48. The van der Waals surface area contributed by atoms with Crippen molar-refractivity contribution in [3.63, 3.8) is 0 Å². The molecule has 0 saturated heterocycles. The van der Waals surface area contributed by atoms with Crippen molar-refractivity contribution < 1.29 is 9.53 Å². The topological polar surface area (TPSA) is 47.4 Å². The number of benzene rings is 1. The lowest BCUT2D eigenvalue weighted by molar-refractivity contribution is -0.137. The molecule has 0 bridgehead atoms. The minimum absolute atomic E-state index is 0.152. The van der Waals surface area contributed by atoms with Crippen LogP contribution >= 0.6 is 0 Å². The number of amides is 1. The van der Waals surface area contributed by atoms with E-state index in [0.717, 1.165) is 30.0 Å². The summed E-state index contributed by atoms with van der Waals surface area (Å²) in [5, 5.41) is 0. The van der Waals surface area contributed by atoms with E-state index in [0.29, 0.717) is 12.6 Å². The Morgan fingerprint density at radius 1 is 1.36 bits per heavy atom. The summed E-state index contributed by atoms with van der Waals surface area (Å²) < 4.78 is 7.44. The molecule has 2 aromatic rings. The zero-order valence-electron chi connectivity index (χ0n) is 15.3. The summed E-state index contributed by atoms with van der Waals surface area (Å²) >= 11 is 0. The molecule has 1 aromatic carbocycles. The molecule has 1 aromatic heterocycles. The maximum absolute atomic E-state index is 13.3. The van der Waals surface area contributed by atoms with Crippen molar-refractivity contribution in [3.8, 4) is 5.75 Å². The molecule has 1 atom stereocenters. The Bertz CT molecular complexity index is 719. The van der Waals surface area contributed by atoms with Crippen LogP contribution in [0.2, 0.25) is 0 Å². The van der Waals surface area contributed by atoms with E-state index in [9.17, 15) is 4.79 Å². The second kappa shape index (κ2) is 7.72. The SMILES string of the molecule is COc1ccccc1CN(C(=O)C(C)n1ccnc1C)C1CCCC1. The van der Waals surface area contributed by atoms with Gasteiger partial charge in [-0.1, -0.05) is 31.0 Å². The molecule has 0 radical (unpaired) electrons. The fourth-order valence-corrected chi connectivity index (χ4v) is 3.78. The second-order valence-electron chi connectivity index (χ2n) is 6.77. The molecule has 1 amide bonds. The fourth-order valence-electron chi connectivity index (χ4n) is 3.78. The largest absolute Gasteiger partial charge is 0.496 e. The monoisotopic (exact) mass is 341 g/mol. The van der Waals surface area contributed by atoms with Crippen molar-refractivity contribution in [3.05, 3.63) is 48.0 Å². The van der Waals surface area contributed by atoms with Gasteiger partial charge in [-0.3, -0.25) is 4.79 Å². The minimum Gasteiger partial charge on any atom is -0.496 e. The Hall–Kier alpha value is -2.30. The Morgan fingerprint density at radius 2 is 2.08 bits per heavy atom. The van der Waals surface area contributed by atoms with Crippen molar-refractivity contribution in [2.24, 2.45) is 0 Å². The number of carbonyl (C=O) groups excluding carboxylic acids is 1. The number of para-hydroxylation sites is 1. The van der Waals surface area contributed by atoms with Gasteiger partial charge in [0.1, 0.15) is 17.6 Å². The molecule has 3 rings (SSSR count). The van der Waals surface area contributed by atoms with Crippen molar-refractivity contribution in [1.29, 1.82) is 0 Å². The van der Waals surface area contributed by atoms with Crippen LogP contribution in [0.15, 0.2) is 36.7 Å². The van der Waals surface area contributed by atoms with Gasteiger partial charge >= 0.3 is 0 Å². The number of carbonyl (C=O) groups is 1. The van der Waals surface area contributed by atoms with Crippen molar-refractivity contribution >= 4 is 5.91 Å². The van der Waals surface area contributed by atoms with Gasteiger partial charge in [-0.05, 0) is 32.8 Å². The number of methoxy groups -OCH3 is 1. The lowest BCUT2D eigenvalue weighted by atomic mass is 10.1. The smallest absolute Gasteiger partial charge is 0.245 e. The number of ether oxygens (including phenoxy) is 1. The first-order valence-corrected chi connectivity index (χ1v) is 9.03. The minimum atomic E-state index is -0.252. The summed E-state index contributed by atoms with van der Waals surface area (Å²) in [5.41, 5.74) is 1.06. The lowest BCUT2D eigenvalue weighted by Crippen LogP contribution is -2.42. The number of rotatable bonds is 6. The Kier molecular flexibility index (Phi) is 5.41. The molecule has 25 heavy (non-hydrogen) atoms. The van der Waals surface area contributed by atoms with Crippen LogP contribution in [0.1, 0.15) is 50.0 Å². The van der Waals surface area contributed by atoms with Gasteiger partial charge in [0.2, 0.25) is 5.91 Å². The van der Waals surface area contributed by atoms with Crippen LogP contribution in [0.4, 0.5) is 0 Å². The number of imidazole rings is 1. The molecule has 134 valence electrons. The molecule has 1 aliphatic rings. The van der Waals surface area contributed by atoms with E-state index in [2.05, 4.69) is 9.88 Å². The Balaban J connectivity index is 1.86.